The van der Waals surface area contributed by atoms with Crippen LogP contribution in [-0.4, -0.2) is 20.9 Å². The predicted molar refractivity (Wildman–Crippen MR) is 125 cm³/mol. The molecule has 4 aromatic rings. The summed E-state index contributed by atoms with van der Waals surface area (Å²) in [5, 5.41) is 4.69. The minimum atomic E-state index is -0.0516. The van der Waals surface area contributed by atoms with Crippen LogP contribution in [0.2, 0.25) is 0 Å². The molecule has 0 spiro atoms. The number of rotatable bonds is 5. The van der Waals surface area contributed by atoms with Gasteiger partial charge in [-0.1, -0.05) is 36.0 Å². The van der Waals surface area contributed by atoms with Gasteiger partial charge in [0.15, 0.2) is 5.13 Å². The number of para-hydroxylation sites is 1. The summed E-state index contributed by atoms with van der Waals surface area (Å²) in [6.07, 6.45) is 0. The highest BCUT2D eigenvalue weighted by Crippen LogP contribution is 2.33. The summed E-state index contributed by atoms with van der Waals surface area (Å²) in [4.78, 5) is 27.9. The van der Waals surface area contributed by atoms with Crippen molar-refractivity contribution >= 4 is 50.7 Å². The van der Waals surface area contributed by atoms with Gasteiger partial charge in [-0.05, 0) is 50.1 Å². The van der Waals surface area contributed by atoms with E-state index >= 15 is 0 Å². The fourth-order valence-electron chi connectivity index (χ4n) is 3.17. The van der Waals surface area contributed by atoms with Crippen LogP contribution < -0.4 is 4.90 Å². The fourth-order valence-corrected chi connectivity index (χ4v) is 5.12. The first-order valence-electron chi connectivity index (χ1n) is 9.61. The fraction of sp³-hybridized carbons (Fsp3) is 0.217. The van der Waals surface area contributed by atoms with Gasteiger partial charge in [0.1, 0.15) is 10.9 Å². The third-order valence-corrected chi connectivity index (χ3v) is 6.73. The van der Waals surface area contributed by atoms with Crippen LogP contribution >= 0.6 is 23.1 Å². The third kappa shape index (κ3) is 4.22. The second kappa shape index (κ2) is 8.53. The Morgan fingerprint density at radius 3 is 2.60 bits per heavy atom. The SMILES string of the molecule is CC(=O)N(c1ccc(C)c(C)c1)c1nc(CSc2nc(C)nc3ccccc23)cs1. The summed E-state index contributed by atoms with van der Waals surface area (Å²) in [6.45, 7) is 7.59. The average Bonchev–Trinajstić information content (AvgIpc) is 3.17. The van der Waals surface area contributed by atoms with E-state index in [1.54, 1.807) is 23.6 Å². The van der Waals surface area contributed by atoms with E-state index in [2.05, 4.69) is 23.8 Å². The standard InChI is InChI=1S/C23H22N4OS2/c1-14-9-10-19(11-15(14)2)27(17(4)28)23-26-18(13-30-23)12-29-22-20-7-5-6-8-21(20)24-16(3)25-22/h5-11,13H,12H2,1-4H3. The molecule has 0 radical (unpaired) electrons. The maximum Gasteiger partial charge on any atom is 0.230 e. The third-order valence-electron chi connectivity index (χ3n) is 4.83. The number of aryl methyl sites for hydroxylation is 3. The molecule has 0 bridgehead atoms. The summed E-state index contributed by atoms with van der Waals surface area (Å²) in [6, 6.07) is 14.1. The van der Waals surface area contributed by atoms with E-state index in [9.17, 15) is 4.79 Å². The molecule has 30 heavy (non-hydrogen) atoms. The van der Waals surface area contributed by atoms with E-state index in [1.165, 1.54) is 16.9 Å². The molecule has 0 aliphatic rings. The molecule has 152 valence electrons. The maximum atomic E-state index is 12.4. The maximum absolute atomic E-state index is 12.4. The number of aromatic nitrogens is 3. The van der Waals surface area contributed by atoms with E-state index in [4.69, 9.17) is 4.98 Å². The van der Waals surface area contributed by atoms with Crippen molar-refractivity contribution in [1.82, 2.24) is 15.0 Å². The first kappa shape index (κ1) is 20.5. The van der Waals surface area contributed by atoms with Crippen molar-refractivity contribution in [2.45, 2.75) is 38.5 Å². The Labute approximate surface area is 184 Å². The van der Waals surface area contributed by atoms with Crippen molar-refractivity contribution < 1.29 is 4.79 Å². The van der Waals surface area contributed by atoms with Crippen LogP contribution in [0.5, 0.6) is 0 Å². The summed E-state index contributed by atoms with van der Waals surface area (Å²) >= 11 is 3.12. The Morgan fingerprint density at radius 1 is 1.03 bits per heavy atom. The van der Waals surface area contributed by atoms with Crippen molar-refractivity contribution in [3.8, 4) is 0 Å². The van der Waals surface area contributed by atoms with E-state index in [0.717, 1.165) is 38.7 Å². The first-order valence-corrected chi connectivity index (χ1v) is 11.5. The number of hydrogen-bond acceptors (Lipinski definition) is 6. The number of thiazole rings is 1. The molecule has 1 amide bonds. The van der Waals surface area contributed by atoms with E-state index in [0.29, 0.717) is 10.9 Å². The minimum absolute atomic E-state index is 0.0516. The van der Waals surface area contributed by atoms with Gasteiger partial charge in [0.25, 0.3) is 0 Å². The Morgan fingerprint density at radius 2 is 1.83 bits per heavy atom. The van der Waals surface area contributed by atoms with Crippen LogP contribution in [0.25, 0.3) is 10.9 Å². The largest absolute Gasteiger partial charge is 0.274 e. The summed E-state index contributed by atoms with van der Waals surface area (Å²) < 4.78 is 0. The first-order chi connectivity index (χ1) is 14.4. The zero-order valence-electron chi connectivity index (χ0n) is 17.3. The molecule has 0 aliphatic carbocycles. The van der Waals surface area contributed by atoms with Crippen molar-refractivity contribution in [2.24, 2.45) is 0 Å². The monoisotopic (exact) mass is 434 g/mol. The van der Waals surface area contributed by atoms with E-state index in [-0.39, 0.29) is 5.91 Å². The number of carbonyl (C=O) groups excluding carboxylic acids is 1. The Kier molecular flexibility index (Phi) is 5.83. The predicted octanol–water partition coefficient (Wildman–Crippen LogP) is 5.99. The second-order valence-electron chi connectivity index (χ2n) is 7.13. The molecule has 2 aromatic carbocycles. The Bertz CT molecular complexity index is 1240. The van der Waals surface area contributed by atoms with Gasteiger partial charge in [-0.25, -0.2) is 15.0 Å². The van der Waals surface area contributed by atoms with E-state index < -0.39 is 0 Å². The zero-order valence-corrected chi connectivity index (χ0v) is 19.0. The van der Waals surface area contributed by atoms with Gasteiger partial charge in [-0.3, -0.25) is 9.69 Å². The highest BCUT2D eigenvalue weighted by molar-refractivity contribution is 7.98. The van der Waals surface area contributed by atoms with Crippen molar-refractivity contribution in [2.75, 3.05) is 4.90 Å². The molecular formula is C23H22N4OS2. The number of benzene rings is 2. The zero-order chi connectivity index (χ0) is 21.3. The molecule has 0 atom stereocenters. The van der Waals surface area contributed by atoms with Gasteiger partial charge < -0.3 is 0 Å². The van der Waals surface area contributed by atoms with Crippen LogP contribution in [0, 0.1) is 20.8 Å². The van der Waals surface area contributed by atoms with Gasteiger partial charge in [0.2, 0.25) is 5.91 Å². The highest BCUT2D eigenvalue weighted by Gasteiger charge is 2.19. The number of hydrogen-bond donors (Lipinski definition) is 0. The second-order valence-corrected chi connectivity index (χ2v) is 8.93. The highest BCUT2D eigenvalue weighted by atomic mass is 32.2. The Balaban J connectivity index is 1.58. The van der Waals surface area contributed by atoms with Gasteiger partial charge >= 0.3 is 0 Å². The number of fused-ring (bicyclic) bond motifs is 1. The van der Waals surface area contributed by atoms with Gasteiger partial charge in [-0.15, -0.1) is 11.3 Å². The van der Waals surface area contributed by atoms with Gasteiger partial charge in [0.05, 0.1) is 16.9 Å². The quantitative estimate of drug-likeness (QED) is 0.285. The Hall–Kier alpha value is -2.77. The lowest BCUT2D eigenvalue weighted by Crippen LogP contribution is -2.22. The lowest BCUT2D eigenvalue weighted by molar-refractivity contribution is -0.115. The molecule has 0 saturated heterocycles. The van der Waals surface area contributed by atoms with Crippen LogP contribution in [-0.2, 0) is 10.5 Å². The lowest BCUT2D eigenvalue weighted by atomic mass is 10.1. The number of anilines is 2. The number of amides is 1. The van der Waals surface area contributed by atoms with Crippen molar-refractivity contribution in [3.05, 3.63) is 70.5 Å². The molecule has 5 nitrogen and oxygen atoms in total. The molecule has 2 aromatic heterocycles. The molecule has 0 fully saturated rings. The average molecular weight is 435 g/mol. The molecule has 0 saturated carbocycles. The normalized spacial score (nSPS) is 11.1. The minimum Gasteiger partial charge on any atom is -0.274 e. The van der Waals surface area contributed by atoms with Gasteiger partial charge in [-0.2, -0.15) is 0 Å². The molecular weight excluding hydrogens is 412 g/mol. The number of thioether (sulfide) groups is 1. The van der Waals surface area contributed by atoms with Crippen molar-refractivity contribution in [1.29, 1.82) is 0 Å². The van der Waals surface area contributed by atoms with Gasteiger partial charge in [0, 0.05) is 23.4 Å². The lowest BCUT2D eigenvalue weighted by Gasteiger charge is -2.19. The molecule has 7 heteroatoms. The molecule has 0 N–H and O–H groups in total. The molecule has 4 rings (SSSR count). The summed E-state index contributed by atoms with van der Waals surface area (Å²) in [7, 11) is 0. The summed E-state index contributed by atoms with van der Waals surface area (Å²) in [5.41, 5.74) is 5.07. The van der Waals surface area contributed by atoms with E-state index in [1.807, 2.05) is 54.8 Å². The van der Waals surface area contributed by atoms with Crippen molar-refractivity contribution in [3.63, 3.8) is 0 Å². The van der Waals surface area contributed by atoms with Crippen LogP contribution in [0.15, 0.2) is 52.9 Å². The number of carbonyl (C=O) groups is 1. The van der Waals surface area contributed by atoms with Crippen LogP contribution in [0.3, 0.4) is 0 Å². The topological polar surface area (TPSA) is 59.0 Å². The molecule has 0 aliphatic heterocycles. The number of nitrogens with zero attached hydrogens (tertiary/aromatic N) is 4. The van der Waals surface area contributed by atoms with Crippen LogP contribution in [0.1, 0.15) is 29.6 Å². The van der Waals surface area contributed by atoms with Crippen LogP contribution in [0.4, 0.5) is 10.8 Å². The molecule has 0 unspecified atom stereocenters. The smallest absolute Gasteiger partial charge is 0.230 e. The summed E-state index contributed by atoms with van der Waals surface area (Å²) in [5.74, 6) is 1.38. The molecule has 2 heterocycles.